The maximum absolute atomic E-state index is 12.2. The van der Waals surface area contributed by atoms with Crippen LogP contribution in [-0.4, -0.2) is 58.9 Å². The third kappa shape index (κ3) is 4.38. The van der Waals surface area contributed by atoms with Crippen molar-refractivity contribution in [1.82, 2.24) is 25.5 Å². The van der Waals surface area contributed by atoms with Crippen molar-refractivity contribution in [1.29, 1.82) is 0 Å². The highest BCUT2D eigenvalue weighted by atomic mass is 16.2. The van der Waals surface area contributed by atoms with Crippen molar-refractivity contribution < 1.29 is 9.59 Å². The van der Waals surface area contributed by atoms with Gasteiger partial charge < -0.3 is 10.6 Å². The van der Waals surface area contributed by atoms with Gasteiger partial charge in [0.15, 0.2) is 0 Å². The highest BCUT2D eigenvalue weighted by Gasteiger charge is 2.30. The van der Waals surface area contributed by atoms with E-state index in [2.05, 4.69) is 27.5 Å². The van der Waals surface area contributed by atoms with Crippen molar-refractivity contribution in [2.24, 2.45) is 0 Å². The Morgan fingerprint density at radius 2 is 2.12 bits per heavy atom. The number of likely N-dealkylation sites (N-methyl/N-ethyl adjacent to an activating group) is 1. The molecule has 2 heterocycles. The van der Waals surface area contributed by atoms with E-state index in [0.717, 1.165) is 37.4 Å². The zero-order valence-corrected chi connectivity index (χ0v) is 15.8. The molecule has 1 fully saturated rings. The number of nitrogens with one attached hydrogen (secondary N) is 2. The molecule has 7 heteroatoms. The van der Waals surface area contributed by atoms with E-state index in [1.165, 1.54) is 24.1 Å². The van der Waals surface area contributed by atoms with E-state index in [4.69, 9.17) is 0 Å². The third-order valence-electron chi connectivity index (χ3n) is 5.33. The summed E-state index contributed by atoms with van der Waals surface area (Å²) in [6.45, 7) is 6.78. The quantitative estimate of drug-likeness (QED) is 0.774. The van der Waals surface area contributed by atoms with E-state index in [1.54, 1.807) is 0 Å². The first-order valence-corrected chi connectivity index (χ1v) is 9.72. The summed E-state index contributed by atoms with van der Waals surface area (Å²) in [6, 6.07) is -0.365. The second kappa shape index (κ2) is 8.58. The van der Waals surface area contributed by atoms with Crippen LogP contribution in [0.3, 0.4) is 0 Å². The van der Waals surface area contributed by atoms with Crippen LogP contribution in [0, 0.1) is 6.92 Å². The number of aryl methyl sites for hydroxylation is 2. The van der Waals surface area contributed by atoms with Gasteiger partial charge in [0.25, 0.3) is 0 Å². The number of carbonyl (C=O) groups is 2. The summed E-state index contributed by atoms with van der Waals surface area (Å²) in [4.78, 5) is 35.6. The molecule has 1 unspecified atom stereocenters. The fourth-order valence-corrected chi connectivity index (χ4v) is 3.88. The number of piperazine rings is 1. The first-order valence-electron chi connectivity index (χ1n) is 9.72. The Morgan fingerprint density at radius 1 is 1.31 bits per heavy atom. The number of hydrogen-bond donors (Lipinski definition) is 2. The van der Waals surface area contributed by atoms with Gasteiger partial charge in [0.2, 0.25) is 11.8 Å². The smallest absolute Gasteiger partial charge is 0.237 e. The van der Waals surface area contributed by atoms with Crippen molar-refractivity contribution in [3.8, 4) is 0 Å². The minimum absolute atomic E-state index is 0.0538. The van der Waals surface area contributed by atoms with E-state index in [9.17, 15) is 9.59 Å². The number of rotatable bonds is 6. The fourth-order valence-electron chi connectivity index (χ4n) is 3.88. The van der Waals surface area contributed by atoms with Gasteiger partial charge in [-0.15, -0.1) is 0 Å². The Labute approximate surface area is 155 Å². The lowest BCUT2D eigenvalue weighted by Crippen LogP contribution is -2.56. The van der Waals surface area contributed by atoms with Gasteiger partial charge in [0, 0.05) is 37.4 Å². The molecule has 0 bridgehead atoms. The monoisotopic (exact) mass is 359 g/mol. The molecule has 7 nitrogen and oxygen atoms in total. The second-order valence-corrected chi connectivity index (χ2v) is 7.10. The topological polar surface area (TPSA) is 87.2 Å². The van der Waals surface area contributed by atoms with Gasteiger partial charge in [0.1, 0.15) is 5.82 Å². The molecule has 0 aromatic carbocycles. The Kier molecular flexibility index (Phi) is 6.19. The van der Waals surface area contributed by atoms with E-state index in [-0.39, 0.29) is 24.3 Å². The van der Waals surface area contributed by atoms with Gasteiger partial charge >= 0.3 is 0 Å². The molecule has 1 aromatic rings. The zero-order valence-electron chi connectivity index (χ0n) is 15.8. The van der Waals surface area contributed by atoms with E-state index in [0.29, 0.717) is 19.5 Å². The number of hydrogen-bond acceptors (Lipinski definition) is 5. The molecule has 142 valence electrons. The summed E-state index contributed by atoms with van der Waals surface area (Å²) in [5, 5.41) is 5.76. The van der Waals surface area contributed by atoms with Crippen LogP contribution in [0.2, 0.25) is 0 Å². The predicted octanol–water partition coefficient (Wildman–Crippen LogP) is 0.533. The number of aromatic nitrogens is 2. The van der Waals surface area contributed by atoms with Crippen LogP contribution in [-0.2, 0) is 28.9 Å². The van der Waals surface area contributed by atoms with Gasteiger partial charge in [-0.25, -0.2) is 9.97 Å². The number of carbonyl (C=O) groups excluding carboxylic acids is 2. The third-order valence-corrected chi connectivity index (χ3v) is 5.33. The molecule has 0 saturated carbocycles. The molecule has 1 aliphatic carbocycles. The van der Waals surface area contributed by atoms with Gasteiger partial charge in [-0.2, -0.15) is 0 Å². The summed E-state index contributed by atoms with van der Waals surface area (Å²) in [5.41, 5.74) is 3.57. The highest BCUT2D eigenvalue weighted by molar-refractivity contribution is 5.88. The number of nitrogens with zero attached hydrogens (tertiary/aromatic N) is 3. The predicted molar refractivity (Wildman–Crippen MR) is 98.8 cm³/mol. The zero-order chi connectivity index (χ0) is 18.5. The van der Waals surface area contributed by atoms with Crippen LogP contribution in [0.25, 0.3) is 0 Å². The Morgan fingerprint density at radius 3 is 2.92 bits per heavy atom. The maximum atomic E-state index is 12.2. The molecule has 26 heavy (non-hydrogen) atoms. The van der Waals surface area contributed by atoms with Gasteiger partial charge in [0.05, 0.1) is 12.5 Å². The minimum Gasteiger partial charge on any atom is -0.356 e. The summed E-state index contributed by atoms with van der Waals surface area (Å²) < 4.78 is 0. The molecule has 2 aliphatic rings. The van der Waals surface area contributed by atoms with Crippen molar-refractivity contribution in [2.75, 3.05) is 26.2 Å². The molecule has 2 N–H and O–H groups in total. The summed E-state index contributed by atoms with van der Waals surface area (Å²) >= 11 is 0. The van der Waals surface area contributed by atoms with Crippen LogP contribution < -0.4 is 10.6 Å². The van der Waals surface area contributed by atoms with E-state index in [1.807, 2.05) is 11.8 Å². The number of amides is 2. The SMILES string of the molecule is CCN1CCNC(=O)C1CC(=O)NCCc1nc(C)c2c(n1)CCCC2. The van der Waals surface area contributed by atoms with Crippen molar-refractivity contribution in [2.45, 2.75) is 58.4 Å². The molecular weight excluding hydrogens is 330 g/mol. The summed E-state index contributed by atoms with van der Waals surface area (Å²) in [6.07, 6.45) is 5.34. The van der Waals surface area contributed by atoms with Crippen molar-refractivity contribution >= 4 is 11.8 Å². The van der Waals surface area contributed by atoms with Crippen molar-refractivity contribution in [3.05, 3.63) is 22.8 Å². The fraction of sp³-hybridized carbons (Fsp3) is 0.684. The molecule has 0 spiro atoms. The lowest BCUT2D eigenvalue weighted by molar-refractivity contribution is -0.133. The first kappa shape index (κ1) is 18.8. The Balaban J connectivity index is 1.51. The minimum atomic E-state index is -0.365. The van der Waals surface area contributed by atoms with E-state index >= 15 is 0 Å². The van der Waals surface area contributed by atoms with Crippen LogP contribution in [0.5, 0.6) is 0 Å². The molecule has 3 rings (SSSR count). The summed E-state index contributed by atoms with van der Waals surface area (Å²) in [7, 11) is 0. The molecule has 1 saturated heterocycles. The molecule has 1 aromatic heterocycles. The van der Waals surface area contributed by atoms with E-state index < -0.39 is 0 Å². The molecule has 0 radical (unpaired) electrons. The lowest BCUT2D eigenvalue weighted by atomic mass is 9.95. The van der Waals surface area contributed by atoms with Crippen molar-refractivity contribution in [3.63, 3.8) is 0 Å². The molecular formula is C19H29N5O2. The average molecular weight is 359 g/mol. The molecule has 1 atom stereocenters. The van der Waals surface area contributed by atoms with Crippen LogP contribution in [0.15, 0.2) is 0 Å². The number of fused-ring (bicyclic) bond motifs is 1. The van der Waals surface area contributed by atoms with Gasteiger partial charge in [-0.1, -0.05) is 6.92 Å². The van der Waals surface area contributed by atoms with Crippen LogP contribution >= 0.6 is 0 Å². The first-order chi connectivity index (χ1) is 12.6. The summed E-state index contributed by atoms with van der Waals surface area (Å²) in [5.74, 6) is 0.649. The average Bonchev–Trinajstić information content (AvgIpc) is 2.63. The lowest BCUT2D eigenvalue weighted by Gasteiger charge is -2.33. The van der Waals surface area contributed by atoms with Gasteiger partial charge in [-0.05, 0) is 44.7 Å². The normalized spacial score (nSPS) is 20.4. The Bertz CT molecular complexity index is 676. The largest absolute Gasteiger partial charge is 0.356 e. The highest BCUT2D eigenvalue weighted by Crippen LogP contribution is 2.21. The molecule has 2 amide bonds. The van der Waals surface area contributed by atoms with Gasteiger partial charge in [-0.3, -0.25) is 14.5 Å². The molecule has 1 aliphatic heterocycles. The Hall–Kier alpha value is -2.02. The maximum Gasteiger partial charge on any atom is 0.237 e. The standard InChI is InChI=1S/C19H29N5O2/c1-3-24-11-10-21-19(26)16(24)12-18(25)20-9-8-17-22-13(2)14-6-4-5-7-15(14)23-17/h16H,3-12H2,1-2H3,(H,20,25)(H,21,26). The van der Waals surface area contributed by atoms with Crippen LogP contribution in [0.4, 0.5) is 0 Å². The van der Waals surface area contributed by atoms with Crippen LogP contribution in [0.1, 0.15) is 49.0 Å². The second-order valence-electron chi connectivity index (χ2n) is 7.10.